The van der Waals surface area contributed by atoms with Crippen molar-refractivity contribution in [2.45, 2.75) is 205 Å². The molecule has 0 radical (unpaired) electrons. The smallest absolute Gasteiger partial charge is 0.220 e. The summed E-state index contributed by atoms with van der Waals surface area (Å²) in [5, 5.41) is 87.4. The van der Waals surface area contributed by atoms with Gasteiger partial charge in [0.15, 0.2) is 0 Å². The summed E-state index contributed by atoms with van der Waals surface area (Å²) < 4.78 is 45.1. The summed E-state index contributed by atoms with van der Waals surface area (Å²) in [6.07, 6.45) is 4.09. The van der Waals surface area contributed by atoms with Gasteiger partial charge in [-0.25, -0.2) is 0 Å². The molecular weight excluding hydrogens is 1530 g/mol. The normalized spacial score (nSPS) is 14.1. The maximum absolute atomic E-state index is 12.5. The van der Waals surface area contributed by atoms with E-state index < -0.39 is 24.4 Å². The first-order chi connectivity index (χ1) is 57.7. The van der Waals surface area contributed by atoms with Gasteiger partial charge in [-0.3, -0.25) is 19.2 Å². The molecule has 0 aliphatic carbocycles. The van der Waals surface area contributed by atoms with Crippen LogP contribution in [0.4, 0.5) is 0 Å². The molecule has 4 amide bonds. The lowest BCUT2D eigenvalue weighted by molar-refractivity contribution is -0.123. The lowest BCUT2D eigenvalue weighted by Crippen LogP contribution is -2.40. The van der Waals surface area contributed by atoms with Gasteiger partial charge in [-0.05, 0) is 200 Å². The predicted molar refractivity (Wildman–Crippen MR) is 466 cm³/mol. The fourth-order valence-electron chi connectivity index (χ4n) is 12.0. The minimum Gasteiger partial charge on any atom is -0.508 e. The van der Waals surface area contributed by atoms with Gasteiger partial charge in [0.25, 0.3) is 0 Å². The quantitative estimate of drug-likeness (QED) is 0.0168. The number of aryl methyl sites for hydroxylation is 4. The van der Waals surface area contributed by atoms with Crippen LogP contribution in [-0.2, 0) is 108 Å². The molecule has 656 valence electrons. The van der Waals surface area contributed by atoms with Gasteiger partial charge in [0.1, 0.15) is 23.0 Å². The second kappa shape index (κ2) is 59.9. The number of aliphatic hydroxyl groups is 4. The first-order valence-electron chi connectivity index (χ1n) is 41.6. The molecule has 0 heterocycles. The number of benzene rings is 8. The predicted octanol–water partition coefficient (Wildman–Crippen LogP) is 11.4. The summed E-state index contributed by atoms with van der Waals surface area (Å²) >= 11 is 0. The Balaban J connectivity index is 0.000000285. The average molecular weight is 1660 g/mol. The van der Waals surface area contributed by atoms with E-state index in [2.05, 4.69) is 21.3 Å². The van der Waals surface area contributed by atoms with Crippen molar-refractivity contribution in [3.05, 3.63) is 263 Å². The number of carbonyl (C=O) groups is 4. The number of phenolic OH excluding ortho intramolecular Hbond substituents is 4. The van der Waals surface area contributed by atoms with Crippen LogP contribution in [0.25, 0.3) is 0 Å². The van der Waals surface area contributed by atoms with Crippen LogP contribution in [0, 0.1) is 0 Å². The molecule has 8 aromatic carbocycles. The Morgan fingerprint density at radius 3 is 0.583 bits per heavy atom. The molecule has 24 nitrogen and oxygen atoms in total. The molecule has 0 aromatic heterocycles. The molecule has 0 fully saturated rings. The lowest BCUT2D eigenvalue weighted by atomic mass is 10.1. The molecular formula is C96H132N4O20. The molecule has 0 bridgehead atoms. The maximum atomic E-state index is 12.5. The molecule has 120 heavy (non-hydrogen) atoms. The number of phenols is 4. The van der Waals surface area contributed by atoms with Crippen LogP contribution >= 0.6 is 0 Å². The van der Waals surface area contributed by atoms with Gasteiger partial charge in [0, 0.05) is 25.7 Å². The number of aromatic hydroxyl groups is 4. The average Bonchev–Trinajstić information content (AvgIpc) is 0.905. The molecule has 12 atom stereocenters. The summed E-state index contributed by atoms with van der Waals surface area (Å²) in [6.45, 7) is 18.2. The van der Waals surface area contributed by atoms with E-state index in [1.807, 2.05) is 198 Å². The van der Waals surface area contributed by atoms with E-state index >= 15 is 0 Å². The van der Waals surface area contributed by atoms with E-state index in [1.165, 1.54) is 0 Å². The monoisotopic (exact) mass is 1660 g/mol. The van der Waals surface area contributed by atoms with Crippen molar-refractivity contribution in [1.82, 2.24) is 21.3 Å². The van der Waals surface area contributed by atoms with Crippen molar-refractivity contribution in [2.75, 3.05) is 79.3 Å². The molecule has 0 aliphatic heterocycles. The molecule has 12 N–H and O–H groups in total. The SMILES string of the molecule is CC(COC[C@H](Cc1ccc(O)cc1)NC(=O)CCc1ccccc1)OC[C@@H](C)O.CC(COC[C@H](Cc1ccc(O)cc1)NC(=O)CCc1ccccc1)OC[C@H](C)O.CC(O)CO[C@@H](C)COC[C@H](Cc1ccc(O)cc1)NC(=O)CCc1ccccc1.C[C@H](COC[C@H](Cc1ccc(O)cc1)NC(=O)CCc1ccccc1)OC[C@@H](C)O. The number of aliphatic hydroxyl groups excluding tert-OH is 4. The van der Waals surface area contributed by atoms with Gasteiger partial charge < -0.3 is 100 Å². The minimum absolute atomic E-state index is 0.0235. The summed E-state index contributed by atoms with van der Waals surface area (Å²) in [6, 6.07) is 66.7. The minimum atomic E-state index is -0.515. The number of rotatable bonds is 52. The van der Waals surface area contributed by atoms with Gasteiger partial charge in [-0.15, -0.1) is 0 Å². The topological polar surface area (TPSA) is 352 Å². The third-order valence-electron chi connectivity index (χ3n) is 18.2. The Hall–Kier alpha value is -9.64. The van der Waals surface area contributed by atoms with Gasteiger partial charge >= 0.3 is 0 Å². The zero-order chi connectivity index (χ0) is 87.1. The van der Waals surface area contributed by atoms with E-state index in [4.69, 9.17) is 37.9 Å². The summed E-state index contributed by atoms with van der Waals surface area (Å²) in [7, 11) is 0. The number of carbonyl (C=O) groups excluding carboxylic acids is 4. The summed E-state index contributed by atoms with van der Waals surface area (Å²) in [4.78, 5) is 49.9. The van der Waals surface area contributed by atoms with Gasteiger partial charge in [-0.2, -0.15) is 0 Å². The molecule has 24 heteroatoms. The van der Waals surface area contributed by atoms with Crippen molar-refractivity contribution in [1.29, 1.82) is 0 Å². The van der Waals surface area contributed by atoms with Crippen LogP contribution in [0.15, 0.2) is 218 Å². The van der Waals surface area contributed by atoms with E-state index in [1.54, 1.807) is 76.2 Å². The number of hydrogen-bond acceptors (Lipinski definition) is 20. The largest absolute Gasteiger partial charge is 0.508 e. The maximum Gasteiger partial charge on any atom is 0.220 e. The van der Waals surface area contributed by atoms with E-state index in [-0.39, 0.29) is 122 Å². The van der Waals surface area contributed by atoms with Crippen LogP contribution in [0.2, 0.25) is 0 Å². The zero-order valence-electron chi connectivity index (χ0n) is 71.2. The highest BCUT2D eigenvalue weighted by Gasteiger charge is 2.21. The van der Waals surface area contributed by atoms with Crippen LogP contribution in [0.5, 0.6) is 23.0 Å². The van der Waals surface area contributed by atoms with Crippen molar-refractivity contribution < 1.29 is 97.9 Å². The highest BCUT2D eigenvalue weighted by molar-refractivity contribution is 5.78. The second-order valence-electron chi connectivity index (χ2n) is 30.6. The number of nitrogens with one attached hydrogen (secondary N) is 4. The van der Waals surface area contributed by atoms with Crippen LogP contribution in [0.3, 0.4) is 0 Å². The van der Waals surface area contributed by atoms with Gasteiger partial charge in [-0.1, -0.05) is 170 Å². The van der Waals surface area contributed by atoms with Crippen LogP contribution in [-0.4, -0.2) is 217 Å². The molecule has 8 aromatic rings. The highest BCUT2D eigenvalue weighted by atomic mass is 16.6. The van der Waals surface area contributed by atoms with Crippen molar-refractivity contribution in [2.24, 2.45) is 0 Å². The standard InChI is InChI=1S/4C24H33NO5/c4*1-18(26)15-30-19(2)16-29-17-22(14-21-8-11-23(27)12-9-21)25-24(28)13-10-20-6-4-3-5-7-20/h4*3-9,11-12,18-19,22,26-27H,10,13-17H2,1-2H3,(H,25,28)/t18?,19-,22-;18-,19?,22+;18-,19?,22-;18-,19-,22+/m0101/s1. The Kier molecular flexibility index (Phi) is 50.4. The molecule has 8 rings (SSSR count). The lowest BCUT2D eigenvalue weighted by Gasteiger charge is -2.21. The molecule has 0 aliphatic rings. The third-order valence-corrected chi connectivity index (χ3v) is 18.2. The number of hydrogen-bond donors (Lipinski definition) is 12. The first-order valence-corrected chi connectivity index (χ1v) is 41.6. The Labute approximate surface area is 709 Å². The highest BCUT2D eigenvalue weighted by Crippen LogP contribution is 2.18. The van der Waals surface area contributed by atoms with Gasteiger partial charge in [0.2, 0.25) is 23.6 Å². The number of ether oxygens (including phenoxy) is 8. The van der Waals surface area contributed by atoms with Gasteiger partial charge in [0.05, 0.1) is 152 Å². The fraction of sp³-hybridized carbons (Fsp3) is 0.458. The molecule has 0 spiro atoms. The third kappa shape index (κ3) is 49.8. The van der Waals surface area contributed by atoms with Crippen LogP contribution < -0.4 is 21.3 Å². The zero-order valence-corrected chi connectivity index (χ0v) is 71.2. The van der Waals surface area contributed by atoms with Crippen LogP contribution in [0.1, 0.15) is 126 Å². The van der Waals surface area contributed by atoms with Crippen molar-refractivity contribution in [3.63, 3.8) is 0 Å². The van der Waals surface area contributed by atoms with Crippen molar-refractivity contribution >= 4 is 23.6 Å². The summed E-state index contributed by atoms with van der Waals surface area (Å²) in [5.41, 5.74) is 8.52. The van der Waals surface area contributed by atoms with E-state index in [0.717, 1.165) is 44.5 Å². The first kappa shape index (κ1) is 101. The Bertz CT molecular complexity index is 3450. The molecule has 0 saturated carbocycles. The van der Waals surface area contributed by atoms with E-state index in [0.29, 0.717) is 130 Å². The van der Waals surface area contributed by atoms with E-state index in [9.17, 15) is 60.0 Å². The fourth-order valence-corrected chi connectivity index (χ4v) is 12.0. The number of amides is 4. The Morgan fingerprint density at radius 1 is 0.242 bits per heavy atom. The second-order valence-corrected chi connectivity index (χ2v) is 30.6. The van der Waals surface area contributed by atoms with Crippen molar-refractivity contribution in [3.8, 4) is 23.0 Å². The Morgan fingerprint density at radius 2 is 0.417 bits per heavy atom. The summed E-state index contributed by atoms with van der Waals surface area (Å²) in [5.74, 6) is 0.749. The molecule has 3 unspecified atom stereocenters. The molecule has 0 saturated heterocycles.